The van der Waals surface area contributed by atoms with Gasteiger partial charge in [-0.2, -0.15) is 0 Å². The molecule has 5 rings (SSSR count). The summed E-state index contributed by atoms with van der Waals surface area (Å²) in [7, 11) is 0. The second-order valence-electron chi connectivity index (χ2n) is 7.56. The van der Waals surface area contributed by atoms with Gasteiger partial charge in [0.2, 0.25) is 0 Å². The van der Waals surface area contributed by atoms with Crippen LogP contribution in [0.25, 0.3) is 27.8 Å². The van der Waals surface area contributed by atoms with Gasteiger partial charge in [0.05, 0.1) is 5.39 Å². The van der Waals surface area contributed by atoms with Crippen LogP contribution in [0, 0.1) is 6.92 Å². The third-order valence-electron chi connectivity index (χ3n) is 5.62. The molecule has 0 aliphatic carbocycles. The fraction of sp³-hybridized carbons (Fsp3) is 0.250. The first-order valence-corrected chi connectivity index (χ1v) is 10.0. The van der Waals surface area contributed by atoms with E-state index in [1.54, 1.807) is 6.33 Å². The van der Waals surface area contributed by atoms with Gasteiger partial charge in [-0.15, -0.1) is 0 Å². The van der Waals surface area contributed by atoms with Crippen molar-refractivity contribution in [1.29, 1.82) is 0 Å². The predicted molar refractivity (Wildman–Crippen MR) is 115 cm³/mol. The molecular weight excluding hydrogens is 344 g/mol. The minimum atomic E-state index is 0.971. The molecule has 1 aliphatic rings. The van der Waals surface area contributed by atoms with Gasteiger partial charge in [-0.05, 0) is 43.9 Å². The first-order chi connectivity index (χ1) is 13.8. The quantitative estimate of drug-likeness (QED) is 0.486. The van der Waals surface area contributed by atoms with Crippen LogP contribution in [0.5, 0.6) is 0 Å². The summed E-state index contributed by atoms with van der Waals surface area (Å²) in [6.07, 6.45) is 7.69. The molecule has 1 aliphatic heterocycles. The number of piperidine rings is 1. The molecule has 0 spiro atoms. The molecule has 0 N–H and O–H groups in total. The van der Waals surface area contributed by atoms with Crippen molar-refractivity contribution in [1.82, 2.24) is 14.5 Å². The Balaban J connectivity index is 1.77. The zero-order chi connectivity index (χ0) is 18.9. The van der Waals surface area contributed by atoms with Gasteiger partial charge < -0.3 is 9.47 Å². The molecule has 0 unspecified atom stereocenters. The smallest absolute Gasteiger partial charge is 0.150 e. The Bertz CT molecular complexity index is 1090. The van der Waals surface area contributed by atoms with E-state index in [-0.39, 0.29) is 0 Å². The van der Waals surface area contributed by atoms with Crippen LogP contribution in [0.15, 0.2) is 67.1 Å². The van der Waals surface area contributed by atoms with Gasteiger partial charge in [0.1, 0.15) is 12.1 Å². The van der Waals surface area contributed by atoms with Crippen molar-refractivity contribution in [2.24, 2.45) is 0 Å². The molecule has 140 valence electrons. The molecule has 28 heavy (non-hydrogen) atoms. The zero-order valence-corrected chi connectivity index (χ0v) is 16.2. The van der Waals surface area contributed by atoms with Crippen molar-refractivity contribution in [3.8, 4) is 16.8 Å². The lowest BCUT2D eigenvalue weighted by Crippen LogP contribution is -2.30. The summed E-state index contributed by atoms with van der Waals surface area (Å²) in [6.45, 7) is 4.25. The minimum absolute atomic E-state index is 0.971. The van der Waals surface area contributed by atoms with Crippen LogP contribution >= 0.6 is 0 Å². The number of aromatic nitrogens is 3. The Hall–Kier alpha value is -3.14. The maximum absolute atomic E-state index is 4.74. The highest BCUT2D eigenvalue weighted by Crippen LogP contribution is 2.37. The van der Waals surface area contributed by atoms with E-state index in [2.05, 4.69) is 77.2 Å². The maximum atomic E-state index is 4.74. The largest absolute Gasteiger partial charge is 0.356 e. The number of hydrogen-bond acceptors (Lipinski definition) is 3. The van der Waals surface area contributed by atoms with Crippen molar-refractivity contribution in [3.05, 3.63) is 72.7 Å². The lowest BCUT2D eigenvalue weighted by Gasteiger charge is -2.28. The fourth-order valence-corrected chi connectivity index (χ4v) is 4.13. The fourth-order valence-electron chi connectivity index (χ4n) is 4.13. The van der Waals surface area contributed by atoms with E-state index in [1.807, 2.05) is 0 Å². The van der Waals surface area contributed by atoms with Gasteiger partial charge in [0.15, 0.2) is 5.65 Å². The molecule has 2 aromatic carbocycles. The molecule has 4 nitrogen and oxygen atoms in total. The van der Waals surface area contributed by atoms with Gasteiger partial charge in [-0.3, -0.25) is 0 Å². The van der Waals surface area contributed by atoms with Gasteiger partial charge in [0, 0.05) is 30.5 Å². The highest BCUT2D eigenvalue weighted by Gasteiger charge is 2.21. The van der Waals surface area contributed by atoms with E-state index < -0.39 is 0 Å². The van der Waals surface area contributed by atoms with Crippen LogP contribution < -0.4 is 4.90 Å². The molecular formula is C24H24N4. The lowest BCUT2D eigenvalue weighted by atomic mass is 10.1. The molecule has 0 saturated carbocycles. The molecule has 2 aromatic heterocycles. The normalized spacial score (nSPS) is 14.5. The Morgan fingerprint density at radius 3 is 2.32 bits per heavy atom. The molecule has 0 bridgehead atoms. The third-order valence-corrected chi connectivity index (χ3v) is 5.62. The second kappa shape index (κ2) is 7.12. The summed E-state index contributed by atoms with van der Waals surface area (Å²) in [5.74, 6) is 1.06. The summed E-state index contributed by atoms with van der Waals surface area (Å²) in [6, 6.07) is 19.2. The molecule has 0 radical (unpaired) electrons. The molecule has 1 fully saturated rings. The van der Waals surface area contributed by atoms with E-state index in [4.69, 9.17) is 9.97 Å². The Morgan fingerprint density at radius 1 is 0.821 bits per heavy atom. The van der Waals surface area contributed by atoms with E-state index in [9.17, 15) is 0 Å². The van der Waals surface area contributed by atoms with Crippen LogP contribution in [-0.2, 0) is 0 Å². The number of rotatable bonds is 3. The Kier molecular flexibility index (Phi) is 4.32. The molecule has 4 heteroatoms. The number of aryl methyl sites for hydroxylation is 1. The summed E-state index contributed by atoms with van der Waals surface area (Å²) < 4.78 is 2.20. The molecule has 4 aromatic rings. The van der Waals surface area contributed by atoms with Crippen LogP contribution in [0.1, 0.15) is 24.8 Å². The van der Waals surface area contributed by atoms with Crippen molar-refractivity contribution < 1.29 is 0 Å². The van der Waals surface area contributed by atoms with Gasteiger partial charge in [0.25, 0.3) is 0 Å². The third kappa shape index (κ3) is 2.95. The van der Waals surface area contributed by atoms with Gasteiger partial charge >= 0.3 is 0 Å². The number of fused-ring (bicyclic) bond motifs is 1. The maximum Gasteiger partial charge on any atom is 0.150 e. The average Bonchev–Trinajstić information content (AvgIpc) is 3.15. The van der Waals surface area contributed by atoms with E-state index in [0.717, 1.165) is 35.6 Å². The first-order valence-electron chi connectivity index (χ1n) is 10.0. The van der Waals surface area contributed by atoms with Crippen molar-refractivity contribution in [3.63, 3.8) is 0 Å². The van der Waals surface area contributed by atoms with E-state index in [1.165, 1.54) is 36.0 Å². The second-order valence-corrected chi connectivity index (χ2v) is 7.56. The van der Waals surface area contributed by atoms with Crippen molar-refractivity contribution >= 4 is 16.9 Å². The van der Waals surface area contributed by atoms with Crippen molar-refractivity contribution in [2.45, 2.75) is 26.2 Å². The van der Waals surface area contributed by atoms with Crippen LogP contribution in [-0.4, -0.2) is 27.6 Å². The molecule has 1 saturated heterocycles. The highest BCUT2D eigenvalue weighted by molar-refractivity contribution is 6.02. The first kappa shape index (κ1) is 17.0. The van der Waals surface area contributed by atoms with Crippen molar-refractivity contribution in [2.75, 3.05) is 18.0 Å². The summed E-state index contributed by atoms with van der Waals surface area (Å²) in [5, 5.41) is 1.15. The van der Waals surface area contributed by atoms with Crippen LogP contribution in [0.2, 0.25) is 0 Å². The Labute approximate surface area is 165 Å². The SMILES string of the molecule is Cc1ccc(-n2cc(-c3ccccc3)c3c(N4CCCCC4)ncnc32)cc1. The Morgan fingerprint density at radius 2 is 1.57 bits per heavy atom. The average molecular weight is 368 g/mol. The minimum Gasteiger partial charge on any atom is -0.356 e. The van der Waals surface area contributed by atoms with E-state index >= 15 is 0 Å². The topological polar surface area (TPSA) is 34.0 Å². The van der Waals surface area contributed by atoms with Gasteiger partial charge in [-0.25, -0.2) is 9.97 Å². The number of hydrogen-bond donors (Lipinski definition) is 0. The number of benzene rings is 2. The summed E-state index contributed by atoms with van der Waals surface area (Å²) >= 11 is 0. The molecule has 3 heterocycles. The summed E-state index contributed by atoms with van der Waals surface area (Å²) in [5.41, 5.74) is 5.75. The summed E-state index contributed by atoms with van der Waals surface area (Å²) in [4.78, 5) is 11.9. The lowest BCUT2D eigenvalue weighted by molar-refractivity contribution is 0.574. The highest BCUT2D eigenvalue weighted by atomic mass is 15.2. The standard InChI is InChI=1S/C24H24N4/c1-18-10-12-20(13-11-18)28-16-21(19-8-4-2-5-9-19)22-23(25-17-26-24(22)28)27-14-6-3-7-15-27/h2,4-5,8-13,16-17H,3,6-7,14-15H2,1H3. The van der Waals surface area contributed by atoms with Crippen LogP contribution in [0.3, 0.4) is 0 Å². The van der Waals surface area contributed by atoms with E-state index in [0.29, 0.717) is 0 Å². The molecule has 0 amide bonds. The zero-order valence-electron chi connectivity index (χ0n) is 16.2. The molecule has 0 atom stereocenters. The monoisotopic (exact) mass is 368 g/mol. The number of nitrogens with zero attached hydrogens (tertiary/aromatic N) is 4. The van der Waals surface area contributed by atoms with Crippen LogP contribution in [0.4, 0.5) is 5.82 Å². The number of anilines is 1. The predicted octanol–water partition coefficient (Wildman–Crippen LogP) is 5.39. The van der Waals surface area contributed by atoms with Gasteiger partial charge in [-0.1, -0.05) is 48.0 Å².